The zero-order valence-electron chi connectivity index (χ0n) is 15.0. The Balaban J connectivity index is 2.10. The molecule has 0 aliphatic carbocycles. The van der Waals surface area contributed by atoms with Crippen molar-refractivity contribution in [3.63, 3.8) is 0 Å². The fraction of sp³-hybridized carbons (Fsp3) is 0.381. The lowest BCUT2D eigenvalue weighted by atomic mass is 9.97. The van der Waals surface area contributed by atoms with Gasteiger partial charge in [0.2, 0.25) is 0 Å². The van der Waals surface area contributed by atoms with Gasteiger partial charge in [0.1, 0.15) is 5.75 Å². The third-order valence-corrected chi connectivity index (χ3v) is 4.38. The zero-order chi connectivity index (χ0) is 17.5. The van der Waals surface area contributed by atoms with Crippen LogP contribution in [0.15, 0.2) is 48.5 Å². The molecule has 128 valence electrons. The van der Waals surface area contributed by atoms with Crippen LogP contribution < -0.4 is 10.1 Å². The largest absolute Gasteiger partial charge is 0.491 e. The van der Waals surface area contributed by atoms with Crippen molar-refractivity contribution in [3.05, 3.63) is 59.7 Å². The molecule has 0 unspecified atom stereocenters. The summed E-state index contributed by atoms with van der Waals surface area (Å²) in [6.45, 7) is 8.44. The van der Waals surface area contributed by atoms with E-state index in [9.17, 15) is 4.79 Å². The molecule has 2 aromatic rings. The summed E-state index contributed by atoms with van der Waals surface area (Å²) >= 11 is 0. The van der Waals surface area contributed by atoms with E-state index in [4.69, 9.17) is 4.74 Å². The Labute approximate surface area is 145 Å². The molecule has 0 aromatic heterocycles. The highest BCUT2D eigenvalue weighted by Gasteiger charge is 2.12. The lowest BCUT2D eigenvalue weighted by molar-refractivity contribution is 0.102. The van der Waals surface area contributed by atoms with Crippen molar-refractivity contribution in [3.8, 4) is 5.75 Å². The first kappa shape index (κ1) is 18.1. The van der Waals surface area contributed by atoms with Crippen LogP contribution >= 0.6 is 0 Å². The second-order valence-corrected chi connectivity index (χ2v) is 6.21. The molecule has 24 heavy (non-hydrogen) atoms. The summed E-state index contributed by atoms with van der Waals surface area (Å²) in [5.74, 6) is 1.11. The van der Waals surface area contributed by atoms with Crippen LogP contribution in [0.3, 0.4) is 0 Å². The predicted octanol–water partition coefficient (Wildman–Crippen LogP) is 5.63. The lowest BCUT2D eigenvalue weighted by Gasteiger charge is -2.16. The number of hydrogen-bond acceptors (Lipinski definition) is 2. The number of amides is 1. The van der Waals surface area contributed by atoms with Crippen molar-refractivity contribution in [2.75, 3.05) is 5.32 Å². The number of carbonyl (C=O) groups excluding carboxylic acids is 1. The Morgan fingerprint density at radius 3 is 2.29 bits per heavy atom. The van der Waals surface area contributed by atoms with Gasteiger partial charge in [-0.1, -0.05) is 39.0 Å². The number of hydrogen-bond donors (Lipinski definition) is 1. The van der Waals surface area contributed by atoms with E-state index in [1.807, 2.05) is 37.3 Å². The topological polar surface area (TPSA) is 38.3 Å². The van der Waals surface area contributed by atoms with Gasteiger partial charge in [0.15, 0.2) is 0 Å². The van der Waals surface area contributed by atoms with E-state index in [1.165, 1.54) is 5.56 Å². The van der Waals surface area contributed by atoms with Gasteiger partial charge in [0.25, 0.3) is 5.91 Å². The second-order valence-electron chi connectivity index (χ2n) is 6.21. The summed E-state index contributed by atoms with van der Waals surface area (Å²) < 4.78 is 5.75. The molecule has 0 spiro atoms. The highest BCUT2D eigenvalue weighted by Crippen LogP contribution is 2.27. The van der Waals surface area contributed by atoms with Crippen LogP contribution in [-0.2, 0) is 0 Å². The Kier molecular flexibility index (Phi) is 6.42. The third-order valence-electron chi connectivity index (χ3n) is 4.38. The van der Waals surface area contributed by atoms with E-state index in [-0.39, 0.29) is 12.0 Å². The van der Waals surface area contributed by atoms with Crippen molar-refractivity contribution in [1.82, 2.24) is 0 Å². The predicted molar refractivity (Wildman–Crippen MR) is 99.9 cm³/mol. The van der Waals surface area contributed by atoms with Crippen LogP contribution in [-0.4, -0.2) is 12.0 Å². The van der Waals surface area contributed by atoms with E-state index in [2.05, 4.69) is 32.2 Å². The number of ether oxygens (including phenoxy) is 1. The maximum absolute atomic E-state index is 12.5. The molecule has 0 saturated carbocycles. The molecule has 3 nitrogen and oxygen atoms in total. The molecule has 2 atom stereocenters. The number of rotatable bonds is 7. The molecule has 0 radical (unpaired) electrons. The van der Waals surface area contributed by atoms with Crippen LogP contribution in [0.25, 0.3) is 0 Å². The average Bonchev–Trinajstić information content (AvgIpc) is 2.62. The number of nitrogens with one attached hydrogen (secondary N) is 1. The van der Waals surface area contributed by atoms with Gasteiger partial charge in [-0.2, -0.15) is 0 Å². The molecule has 0 saturated heterocycles. The molecule has 0 fully saturated rings. The van der Waals surface area contributed by atoms with Crippen molar-refractivity contribution >= 4 is 11.6 Å². The molecule has 1 amide bonds. The number of carbonyl (C=O) groups is 1. The fourth-order valence-corrected chi connectivity index (χ4v) is 2.46. The quantitative estimate of drug-likeness (QED) is 0.716. The van der Waals surface area contributed by atoms with Gasteiger partial charge in [-0.15, -0.1) is 0 Å². The standard InChI is InChI=1S/C21H27NO2/c1-5-15(3)19-9-7-8-10-20(19)22-21(23)17-11-13-18(14-12-17)24-16(4)6-2/h7-16H,5-6H2,1-4H3,(H,22,23)/t15-,16+/m1/s1. The number of benzene rings is 2. The molecule has 2 aromatic carbocycles. The first-order valence-electron chi connectivity index (χ1n) is 8.72. The van der Waals surface area contributed by atoms with E-state index < -0.39 is 0 Å². The van der Waals surface area contributed by atoms with Crippen LogP contribution in [0.1, 0.15) is 62.4 Å². The molecule has 0 aliphatic rings. The fourth-order valence-electron chi connectivity index (χ4n) is 2.46. The minimum Gasteiger partial charge on any atom is -0.491 e. The van der Waals surface area contributed by atoms with Crippen LogP contribution in [0.2, 0.25) is 0 Å². The van der Waals surface area contributed by atoms with Gasteiger partial charge in [-0.25, -0.2) is 0 Å². The van der Waals surface area contributed by atoms with Crippen LogP contribution in [0.5, 0.6) is 5.75 Å². The lowest BCUT2D eigenvalue weighted by Crippen LogP contribution is -2.14. The molecular weight excluding hydrogens is 298 g/mol. The molecular formula is C21H27NO2. The Morgan fingerprint density at radius 2 is 1.67 bits per heavy atom. The van der Waals surface area contributed by atoms with Crippen LogP contribution in [0, 0.1) is 0 Å². The molecule has 1 N–H and O–H groups in total. The SMILES string of the molecule is CC[C@@H](C)c1ccccc1NC(=O)c1ccc(O[C@@H](C)CC)cc1. The van der Waals surface area contributed by atoms with Crippen molar-refractivity contribution in [1.29, 1.82) is 0 Å². The zero-order valence-corrected chi connectivity index (χ0v) is 15.0. The van der Waals surface area contributed by atoms with E-state index in [0.717, 1.165) is 24.3 Å². The summed E-state index contributed by atoms with van der Waals surface area (Å²) in [7, 11) is 0. The summed E-state index contributed by atoms with van der Waals surface area (Å²) in [6, 6.07) is 15.3. The van der Waals surface area contributed by atoms with Gasteiger partial charge < -0.3 is 10.1 Å². The first-order chi connectivity index (χ1) is 11.5. The number of anilines is 1. The minimum atomic E-state index is -0.0964. The Morgan fingerprint density at radius 1 is 1.00 bits per heavy atom. The van der Waals surface area contributed by atoms with Gasteiger partial charge in [0, 0.05) is 11.3 Å². The summed E-state index contributed by atoms with van der Waals surface area (Å²) in [5.41, 5.74) is 2.69. The van der Waals surface area contributed by atoms with E-state index >= 15 is 0 Å². The van der Waals surface area contributed by atoms with E-state index in [0.29, 0.717) is 11.5 Å². The molecule has 0 aliphatic heterocycles. The van der Waals surface area contributed by atoms with Crippen molar-refractivity contribution in [2.24, 2.45) is 0 Å². The summed E-state index contributed by atoms with van der Waals surface area (Å²) in [5, 5.41) is 3.03. The molecule has 0 bridgehead atoms. The molecule has 2 rings (SSSR count). The minimum absolute atomic E-state index is 0.0964. The number of para-hydroxylation sites is 1. The monoisotopic (exact) mass is 325 g/mol. The highest BCUT2D eigenvalue weighted by molar-refractivity contribution is 6.04. The van der Waals surface area contributed by atoms with Gasteiger partial charge in [-0.3, -0.25) is 4.79 Å². The maximum Gasteiger partial charge on any atom is 0.255 e. The smallest absolute Gasteiger partial charge is 0.255 e. The summed E-state index contributed by atoms with van der Waals surface area (Å²) in [6.07, 6.45) is 2.16. The normalized spacial score (nSPS) is 13.2. The second kappa shape index (κ2) is 8.53. The van der Waals surface area contributed by atoms with Crippen LogP contribution in [0.4, 0.5) is 5.69 Å². The van der Waals surface area contributed by atoms with Gasteiger partial charge in [0.05, 0.1) is 6.10 Å². The average molecular weight is 325 g/mol. The van der Waals surface area contributed by atoms with Crippen molar-refractivity contribution in [2.45, 2.75) is 52.6 Å². The third kappa shape index (κ3) is 4.60. The first-order valence-corrected chi connectivity index (χ1v) is 8.72. The van der Waals surface area contributed by atoms with Crippen molar-refractivity contribution < 1.29 is 9.53 Å². The molecule has 3 heteroatoms. The Bertz CT molecular complexity index is 664. The highest BCUT2D eigenvalue weighted by atomic mass is 16.5. The molecule has 0 heterocycles. The summed E-state index contributed by atoms with van der Waals surface area (Å²) in [4.78, 5) is 12.5. The van der Waals surface area contributed by atoms with Gasteiger partial charge in [-0.05, 0) is 61.6 Å². The Hall–Kier alpha value is -2.29. The van der Waals surface area contributed by atoms with E-state index in [1.54, 1.807) is 12.1 Å². The maximum atomic E-state index is 12.5. The van der Waals surface area contributed by atoms with Gasteiger partial charge >= 0.3 is 0 Å².